The maximum atomic E-state index is 12.9. The molecule has 0 radical (unpaired) electrons. The molecular formula is C20H21N4O2+. The van der Waals surface area contributed by atoms with Crippen LogP contribution in [0.15, 0.2) is 72.4 Å². The number of urea groups is 1. The van der Waals surface area contributed by atoms with Crippen LogP contribution in [-0.4, -0.2) is 35.7 Å². The van der Waals surface area contributed by atoms with E-state index in [9.17, 15) is 9.59 Å². The first-order valence-electron chi connectivity index (χ1n) is 8.35. The van der Waals surface area contributed by atoms with Crippen LogP contribution in [-0.2, 0) is 4.79 Å². The maximum absolute atomic E-state index is 12.9. The summed E-state index contributed by atoms with van der Waals surface area (Å²) in [7, 11) is 1.82. The Labute approximate surface area is 152 Å². The summed E-state index contributed by atoms with van der Waals surface area (Å²) in [4.78, 5) is 26.2. The first-order chi connectivity index (χ1) is 12.6. The highest BCUT2D eigenvalue weighted by molar-refractivity contribution is 6.31. The molecule has 2 N–H and O–H groups in total. The average molecular weight is 349 g/mol. The van der Waals surface area contributed by atoms with Gasteiger partial charge in [0.25, 0.3) is 0 Å². The van der Waals surface area contributed by atoms with Gasteiger partial charge in [-0.05, 0) is 24.3 Å². The second-order valence-electron chi connectivity index (χ2n) is 6.03. The number of allylic oxidation sites excluding steroid dienone is 1. The Morgan fingerprint density at radius 3 is 2.08 bits per heavy atom. The number of rotatable bonds is 4. The van der Waals surface area contributed by atoms with E-state index in [0.717, 1.165) is 11.4 Å². The monoisotopic (exact) mass is 349 g/mol. The van der Waals surface area contributed by atoms with Crippen molar-refractivity contribution in [2.24, 2.45) is 0 Å². The molecule has 0 aliphatic carbocycles. The summed E-state index contributed by atoms with van der Waals surface area (Å²) in [5.74, 6) is -0.120. The quantitative estimate of drug-likeness (QED) is 0.659. The van der Waals surface area contributed by atoms with Gasteiger partial charge in [-0.3, -0.25) is 20.5 Å². The minimum atomic E-state index is -0.347. The van der Waals surface area contributed by atoms with Gasteiger partial charge in [-0.15, -0.1) is 0 Å². The van der Waals surface area contributed by atoms with Gasteiger partial charge in [-0.1, -0.05) is 36.4 Å². The van der Waals surface area contributed by atoms with Gasteiger partial charge in [0.2, 0.25) is 12.0 Å². The van der Waals surface area contributed by atoms with Crippen molar-refractivity contribution in [3.63, 3.8) is 0 Å². The van der Waals surface area contributed by atoms with Gasteiger partial charge < -0.3 is 0 Å². The Morgan fingerprint density at radius 2 is 1.54 bits per heavy atom. The SMILES string of the molecule is CC1C(NNC(=O)N(c2ccccc2)c2ccccc2)=CC(=O)C=[N+]1C. The first kappa shape index (κ1) is 17.4. The van der Waals surface area contributed by atoms with Crippen molar-refractivity contribution in [3.05, 3.63) is 72.4 Å². The number of carbonyl (C=O) groups is 2. The molecule has 6 nitrogen and oxygen atoms in total. The molecule has 0 fully saturated rings. The summed E-state index contributed by atoms with van der Waals surface area (Å²) < 4.78 is 1.79. The molecule has 1 aliphatic rings. The molecule has 1 aliphatic heterocycles. The van der Waals surface area contributed by atoms with Gasteiger partial charge in [-0.2, -0.15) is 0 Å². The van der Waals surface area contributed by atoms with Gasteiger partial charge >= 0.3 is 6.03 Å². The van der Waals surface area contributed by atoms with Crippen molar-refractivity contribution in [2.45, 2.75) is 13.0 Å². The predicted molar refractivity (Wildman–Crippen MR) is 101 cm³/mol. The third-order valence-corrected chi connectivity index (χ3v) is 4.24. The summed E-state index contributed by atoms with van der Waals surface area (Å²) >= 11 is 0. The van der Waals surface area contributed by atoms with Crippen LogP contribution in [0.25, 0.3) is 0 Å². The molecule has 1 heterocycles. The summed E-state index contributed by atoms with van der Waals surface area (Å²) in [6, 6.07) is 18.4. The van der Waals surface area contributed by atoms with E-state index in [0.29, 0.717) is 5.70 Å². The predicted octanol–water partition coefficient (Wildman–Crippen LogP) is 2.61. The van der Waals surface area contributed by atoms with E-state index in [1.54, 1.807) is 9.48 Å². The van der Waals surface area contributed by atoms with Crippen molar-refractivity contribution >= 4 is 29.4 Å². The van der Waals surface area contributed by atoms with Crippen LogP contribution in [0.1, 0.15) is 6.92 Å². The summed E-state index contributed by atoms with van der Waals surface area (Å²) in [5, 5.41) is 0. The molecule has 0 saturated heterocycles. The number of hydrogen-bond acceptors (Lipinski definition) is 3. The zero-order chi connectivity index (χ0) is 18.5. The Bertz CT molecular complexity index is 820. The van der Waals surface area contributed by atoms with Gasteiger partial charge in [0.05, 0.1) is 11.4 Å². The lowest BCUT2D eigenvalue weighted by Gasteiger charge is -2.25. The number of carbonyl (C=O) groups excluding carboxylic acids is 2. The molecular weight excluding hydrogens is 328 g/mol. The fraction of sp³-hybridized carbons (Fsp3) is 0.150. The van der Waals surface area contributed by atoms with E-state index in [-0.39, 0.29) is 17.9 Å². The molecule has 1 unspecified atom stereocenters. The zero-order valence-corrected chi connectivity index (χ0v) is 14.7. The molecule has 0 spiro atoms. The second kappa shape index (κ2) is 7.65. The molecule has 1 atom stereocenters. The van der Waals surface area contributed by atoms with Gasteiger partial charge in [0.1, 0.15) is 12.7 Å². The van der Waals surface area contributed by atoms with E-state index in [2.05, 4.69) is 10.9 Å². The number of nitrogens with zero attached hydrogens (tertiary/aromatic N) is 2. The van der Waals surface area contributed by atoms with E-state index >= 15 is 0 Å². The van der Waals surface area contributed by atoms with Gasteiger partial charge in [0, 0.05) is 13.0 Å². The molecule has 2 amide bonds. The molecule has 2 aromatic carbocycles. The number of amides is 2. The summed E-state index contributed by atoms with van der Waals surface area (Å²) in [6.07, 6.45) is 3.01. The highest BCUT2D eigenvalue weighted by Gasteiger charge is 2.25. The van der Waals surface area contributed by atoms with Crippen molar-refractivity contribution in [1.29, 1.82) is 0 Å². The molecule has 0 aromatic heterocycles. The summed E-state index contributed by atoms with van der Waals surface area (Å²) in [5.41, 5.74) is 7.70. The van der Waals surface area contributed by atoms with E-state index < -0.39 is 0 Å². The maximum Gasteiger partial charge on any atom is 0.345 e. The lowest BCUT2D eigenvalue weighted by atomic mass is 10.1. The molecule has 26 heavy (non-hydrogen) atoms. The Morgan fingerprint density at radius 1 is 1.00 bits per heavy atom. The third-order valence-electron chi connectivity index (χ3n) is 4.24. The average Bonchev–Trinajstić information content (AvgIpc) is 2.65. The minimum absolute atomic E-state index is 0.0464. The van der Waals surface area contributed by atoms with Crippen molar-refractivity contribution < 1.29 is 14.2 Å². The number of benzene rings is 2. The lowest BCUT2D eigenvalue weighted by Crippen LogP contribution is -2.48. The van der Waals surface area contributed by atoms with Crippen LogP contribution in [0.2, 0.25) is 0 Å². The first-order valence-corrected chi connectivity index (χ1v) is 8.35. The smallest absolute Gasteiger partial charge is 0.295 e. The van der Waals surface area contributed by atoms with E-state index in [4.69, 9.17) is 0 Å². The Kier molecular flexibility index (Phi) is 5.12. The number of anilines is 2. The third kappa shape index (κ3) is 3.80. The number of ketones is 1. The van der Waals surface area contributed by atoms with Crippen molar-refractivity contribution in [2.75, 3.05) is 11.9 Å². The minimum Gasteiger partial charge on any atom is -0.295 e. The fourth-order valence-corrected chi connectivity index (χ4v) is 2.70. The largest absolute Gasteiger partial charge is 0.345 e. The zero-order valence-electron chi connectivity index (χ0n) is 14.7. The highest BCUT2D eigenvalue weighted by Crippen LogP contribution is 2.24. The standard InChI is InChI=1S/C20H20N4O2/c1-15-19(13-18(25)14-23(15)2)21-22-20(26)24(16-9-5-3-6-10-16)17-11-7-4-8-12-17/h3-15,25H,1-2H3/p+1. The summed E-state index contributed by atoms with van der Waals surface area (Å²) in [6.45, 7) is 1.94. The molecule has 6 heteroatoms. The van der Waals surface area contributed by atoms with Crippen LogP contribution in [0.5, 0.6) is 0 Å². The lowest BCUT2D eigenvalue weighted by molar-refractivity contribution is -0.520. The molecule has 132 valence electrons. The van der Waals surface area contributed by atoms with Crippen LogP contribution in [0.4, 0.5) is 16.2 Å². The second-order valence-corrected chi connectivity index (χ2v) is 6.03. The normalized spacial score (nSPS) is 16.4. The van der Waals surface area contributed by atoms with Gasteiger partial charge in [-0.25, -0.2) is 9.37 Å². The van der Waals surface area contributed by atoms with Gasteiger partial charge in [0.15, 0.2) is 6.04 Å². The van der Waals surface area contributed by atoms with E-state index in [1.807, 2.05) is 74.6 Å². The highest BCUT2D eigenvalue weighted by atomic mass is 16.2. The number of para-hydroxylation sites is 2. The van der Waals surface area contributed by atoms with Crippen molar-refractivity contribution in [1.82, 2.24) is 10.9 Å². The van der Waals surface area contributed by atoms with Crippen LogP contribution in [0.3, 0.4) is 0 Å². The molecule has 3 rings (SSSR count). The van der Waals surface area contributed by atoms with Crippen LogP contribution >= 0.6 is 0 Å². The van der Waals surface area contributed by atoms with Crippen LogP contribution < -0.4 is 15.8 Å². The number of nitrogens with one attached hydrogen (secondary N) is 2. The fourth-order valence-electron chi connectivity index (χ4n) is 2.70. The van der Waals surface area contributed by atoms with Crippen molar-refractivity contribution in [3.8, 4) is 0 Å². The topological polar surface area (TPSA) is 64.5 Å². The number of likely N-dealkylation sites (N-methyl/N-ethyl adjacent to an activating group) is 1. The molecule has 0 saturated carbocycles. The Hall–Kier alpha value is -3.41. The number of hydrazine groups is 1. The number of hydrogen-bond donors (Lipinski definition) is 2. The molecule has 2 aromatic rings. The molecule has 0 bridgehead atoms. The van der Waals surface area contributed by atoms with E-state index in [1.165, 1.54) is 12.3 Å². The Balaban J connectivity index is 1.80. The van der Waals surface area contributed by atoms with Crippen LogP contribution in [0, 0.1) is 0 Å².